The van der Waals surface area contributed by atoms with Crippen LogP contribution in [0.1, 0.15) is 0 Å². The van der Waals surface area contributed by atoms with Gasteiger partial charge in [0.15, 0.2) is 0 Å². The molecule has 39 heavy (non-hydrogen) atoms. The van der Waals surface area contributed by atoms with Crippen LogP contribution in [-0.2, 0) is 25.8 Å². The maximum atomic E-state index is 4.59. The van der Waals surface area contributed by atoms with Crippen molar-refractivity contribution < 1.29 is 50.7 Å². The van der Waals surface area contributed by atoms with E-state index in [0.717, 1.165) is 22.4 Å². The summed E-state index contributed by atoms with van der Waals surface area (Å²) in [6.45, 7) is 0. The molecule has 8 rings (SSSR count). The van der Waals surface area contributed by atoms with Gasteiger partial charge in [-0.15, -0.1) is 82.2 Å². The van der Waals surface area contributed by atoms with E-state index in [2.05, 4.69) is 108 Å². The van der Waals surface area contributed by atoms with Gasteiger partial charge in [0.2, 0.25) is 0 Å². The molecule has 0 aliphatic carbocycles. The Morgan fingerprint density at radius 1 is 0.462 bits per heavy atom. The number of halogens is 2. The van der Waals surface area contributed by atoms with Crippen molar-refractivity contribution in [2.24, 2.45) is 0 Å². The SMILES string of the molecule is [Cl-].[Cl-].[Hf+4].c1ccc2[cH-]c(-n3cc4ccccc4n3)cc2c1.c1ccc2[cH-]c(-n3cc4ccccc4n3)cc2c1. The van der Waals surface area contributed by atoms with Gasteiger partial charge in [-0.25, -0.2) is 0 Å². The van der Waals surface area contributed by atoms with E-state index < -0.39 is 0 Å². The van der Waals surface area contributed by atoms with Gasteiger partial charge in [-0.1, -0.05) is 48.5 Å². The van der Waals surface area contributed by atoms with Gasteiger partial charge in [0.05, 0.1) is 11.0 Å². The van der Waals surface area contributed by atoms with Crippen LogP contribution in [-0.4, -0.2) is 19.6 Å². The smallest absolute Gasteiger partial charge is 1.00 e. The zero-order chi connectivity index (χ0) is 23.9. The third kappa shape index (κ3) is 5.62. The summed E-state index contributed by atoms with van der Waals surface area (Å²) in [6.07, 6.45) is 4.15. The van der Waals surface area contributed by atoms with Crippen LogP contribution in [0.3, 0.4) is 0 Å². The van der Waals surface area contributed by atoms with Crippen molar-refractivity contribution in [1.29, 1.82) is 0 Å². The summed E-state index contributed by atoms with van der Waals surface area (Å²) in [5, 5.41) is 16.6. The number of benzene rings is 4. The molecule has 0 amide bonds. The summed E-state index contributed by atoms with van der Waals surface area (Å²) in [7, 11) is 0. The summed E-state index contributed by atoms with van der Waals surface area (Å²) in [5.74, 6) is 0. The predicted molar refractivity (Wildman–Crippen MR) is 148 cm³/mol. The monoisotopic (exact) mass is 712 g/mol. The molecule has 0 fully saturated rings. The molecule has 2 aromatic heterocycles. The van der Waals surface area contributed by atoms with Crippen molar-refractivity contribution in [3.63, 3.8) is 0 Å². The molecular weight excluding hydrogens is 690 g/mol. The fourth-order valence-electron chi connectivity index (χ4n) is 4.73. The zero-order valence-electron chi connectivity index (χ0n) is 20.7. The third-order valence-electron chi connectivity index (χ3n) is 6.56. The second-order valence-corrected chi connectivity index (χ2v) is 8.95. The first-order valence-electron chi connectivity index (χ1n) is 12.0. The molecule has 0 N–H and O–H groups in total. The molecule has 7 heteroatoms. The van der Waals surface area contributed by atoms with E-state index in [1.165, 1.54) is 32.3 Å². The Morgan fingerprint density at radius 2 is 0.821 bits per heavy atom. The van der Waals surface area contributed by atoms with Crippen molar-refractivity contribution in [3.05, 3.63) is 134 Å². The summed E-state index contributed by atoms with van der Waals surface area (Å²) < 4.78 is 3.90. The van der Waals surface area contributed by atoms with Crippen LogP contribution in [0, 0.1) is 0 Å². The molecule has 0 unspecified atom stereocenters. The van der Waals surface area contributed by atoms with Gasteiger partial charge in [-0.2, -0.15) is 10.2 Å². The molecule has 6 aromatic carbocycles. The average molecular weight is 712 g/mol. The van der Waals surface area contributed by atoms with Crippen molar-refractivity contribution in [3.8, 4) is 11.4 Å². The largest absolute Gasteiger partial charge is 4.00 e. The van der Waals surface area contributed by atoms with Gasteiger partial charge in [0, 0.05) is 23.2 Å². The number of hydrogen-bond acceptors (Lipinski definition) is 2. The summed E-state index contributed by atoms with van der Waals surface area (Å²) in [6, 6.07) is 41.8. The maximum absolute atomic E-state index is 4.59. The number of hydrogen-bond donors (Lipinski definition) is 0. The fourth-order valence-corrected chi connectivity index (χ4v) is 4.73. The van der Waals surface area contributed by atoms with Gasteiger partial charge in [0.1, 0.15) is 0 Å². The van der Waals surface area contributed by atoms with E-state index in [0.29, 0.717) is 0 Å². The number of aromatic nitrogens is 4. The van der Waals surface area contributed by atoms with Gasteiger partial charge >= 0.3 is 25.8 Å². The molecule has 0 radical (unpaired) electrons. The first-order chi connectivity index (χ1) is 17.8. The Balaban J connectivity index is 0.000000168. The zero-order valence-corrected chi connectivity index (χ0v) is 25.9. The molecule has 0 aliphatic heterocycles. The second kappa shape index (κ2) is 12.1. The van der Waals surface area contributed by atoms with Crippen LogP contribution in [0.15, 0.2) is 134 Å². The molecule has 4 nitrogen and oxygen atoms in total. The Labute approximate surface area is 257 Å². The Kier molecular flexibility index (Phi) is 8.86. The second-order valence-electron chi connectivity index (χ2n) is 8.95. The number of rotatable bonds is 2. The van der Waals surface area contributed by atoms with Crippen LogP contribution < -0.4 is 24.8 Å². The number of fused-ring (bicyclic) bond motifs is 4. The molecule has 0 atom stereocenters. The maximum Gasteiger partial charge on any atom is 4.00 e. The van der Waals surface area contributed by atoms with Crippen molar-refractivity contribution in [2.45, 2.75) is 0 Å². The van der Waals surface area contributed by atoms with Crippen LogP contribution >= 0.6 is 0 Å². The Morgan fingerprint density at radius 3 is 1.21 bits per heavy atom. The summed E-state index contributed by atoms with van der Waals surface area (Å²) >= 11 is 0. The first-order valence-corrected chi connectivity index (χ1v) is 12.0. The van der Waals surface area contributed by atoms with Crippen molar-refractivity contribution >= 4 is 43.4 Å². The molecule has 8 aromatic rings. The molecule has 188 valence electrons. The van der Waals surface area contributed by atoms with Gasteiger partial charge in [-0.05, 0) is 23.5 Å². The third-order valence-corrected chi connectivity index (χ3v) is 6.56. The van der Waals surface area contributed by atoms with Crippen molar-refractivity contribution in [2.75, 3.05) is 0 Å². The quantitative estimate of drug-likeness (QED) is 0.203. The minimum Gasteiger partial charge on any atom is -1.00 e. The van der Waals surface area contributed by atoms with E-state index in [1.54, 1.807) is 0 Å². The molecule has 0 saturated heterocycles. The van der Waals surface area contributed by atoms with Crippen LogP contribution in [0.25, 0.3) is 54.7 Å². The fraction of sp³-hybridized carbons (Fsp3) is 0. The van der Waals surface area contributed by atoms with Gasteiger partial charge < -0.3 is 24.8 Å². The van der Waals surface area contributed by atoms with Gasteiger partial charge in [0.25, 0.3) is 0 Å². The normalized spacial score (nSPS) is 10.5. The molecule has 0 spiro atoms. The van der Waals surface area contributed by atoms with Crippen molar-refractivity contribution in [1.82, 2.24) is 19.6 Å². The van der Waals surface area contributed by atoms with E-state index in [9.17, 15) is 0 Å². The molecular formula is C32H22Cl2HfN4. The van der Waals surface area contributed by atoms with E-state index in [1.807, 2.05) is 45.8 Å². The number of nitrogens with zero attached hydrogens (tertiary/aromatic N) is 4. The van der Waals surface area contributed by atoms with E-state index in [-0.39, 0.29) is 50.7 Å². The Bertz CT molecular complexity index is 1560. The molecule has 0 saturated carbocycles. The molecule has 2 heterocycles. The average Bonchev–Trinajstić information content (AvgIpc) is 3.70. The van der Waals surface area contributed by atoms with E-state index >= 15 is 0 Å². The molecule has 0 aliphatic rings. The summed E-state index contributed by atoms with van der Waals surface area (Å²) in [4.78, 5) is 0. The predicted octanol–water partition coefficient (Wildman–Crippen LogP) is 1.80. The Hall–Kier alpha value is -3.51. The van der Waals surface area contributed by atoms with E-state index in [4.69, 9.17) is 0 Å². The van der Waals surface area contributed by atoms with Gasteiger partial charge in [-0.3, -0.25) is 9.36 Å². The van der Waals surface area contributed by atoms with Crippen LogP contribution in [0.2, 0.25) is 0 Å². The van der Waals surface area contributed by atoms with Crippen LogP contribution in [0.4, 0.5) is 0 Å². The topological polar surface area (TPSA) is 35.6 Å². The van der Waals surface area contributed by atoms with Crippen LogP contribution in [0.5, 0.6) is 0 Å². The summed E-state index contributed by atoms with van der Waals surface area (Å²) in [5.41, 5.74) is 4.30. The first kappa shape index (κ1) is 28.5. The molecule has 0 bridgehead atoms. The minimum absolute atomic E-state index is 0. The minimum atomic E-state index is 0. The standard InChI is InChI=1S/2C16H11N2.2ClH.Hf/c2*1-2-6-13-10-15(9-12(13)5-1)18-11-14-7-3-4-8-16(14)17-18;;;/h2*1-11H;2*1H;/q2*-1;;;+4/p-2.